The van der Waals surface area contributed by atoms with Crippen molar-refractivity contribution in [2.24, 2.45) is 17.4 Å². The number of hydrogen-bond acceptors (Lipinski definition) is 9. The molecule has 1 fully saturated rings. The summed E-state index contributed by atoms with van der Waals surface area (Å²) in [4.78, 5) is 38.6. The molecule has 9 nitrogen and oxygen atoms in total. The minimum atomic E-state index is -0.756. The number of Topliss-reactive ketones (excluding diaryl/α,β-unsaturated/α-hetero) is 1. The number of rotatable bonds is 13. The second-order valence-electron chi connectivity index (χ2n) is 9.55. The van der Waals surface area contributed by atoms with E-state index in [4.69, 9.17) is 30.4 Å². The Labute approximate surface area is 235 Å². The van der Waals surface area contributed by atoms with Crippen molar-refractivity contribution in [1.29, 1.82) is 0 Å². The van der Waals surface area contributed by atoms with Gasteiger partial charge in [-0.15, -0.1) is 0 Å². The summed E-state index contributed by atoms with van der Waals surface area (Å²) in [6.07, 6.45) is 8.65. The molecule has 2 aromatic carbocycles. The second kappa shape index (κ2) is 15.0. The Morgan fingerprint density at radius 2 is 1.60 bits per heavy atom. The van der Waals surface area contributed by atoms with Crippen LogP contribution in [-0.2, 0) is 14.4 Å². The van der Waals surface area contributed by atoms with Crippen molar-refractivity contribution in [3.63, 3.8) is 0 Å². The first-order chi connectivity index (χ1) is 19.3. The van der Waals surface area contributed by atoms with Gasteiger partial charge in [0.15, 0.2) is 34.6 Å². The smallest absolute Gasteiger partial charge is 0.328 e. The highest BCUT2D eigenvalue weighted by molar-refractivity contribution is 6.16. The molecule has 0 aromatic heterocycles. The molecule has 0 spiro atoms. The van der Waals surface area contributed by atoms with Gasteiger partial charge < -0.3 is 30.4 Å². The van der Waals surface area contributed by atoms with Crippen LogP contribution in [-0.4, -0.2) is 51.5 Å². The number of unbranched alkanes of at least 4 members (excludes halogenated alkanes) is 1. The second-order valence-corrected chi connectivity index (χ2v) is 9.55. The number of allylic oxidation sites excluding steroid dienone is 2. The van der Waals surface area contributed by atoms with Gasteiger partial charge in [-0.3, -0.25) is 9.59 Å². The zero-order chi connectivity index (χ0) is 29.1. The molecular formula is C31H38N2O7. The van der Waals surface area contributed by atoms with Crippen molar-refractivity contribution in [2.45, 2.75) is 44.6 Å². The van der Waals surface area contributed by atoms with Gasteiger partial charge in [0.1, 0.15) is 6.04 Å². The van der Waals surface area contributed by atoms with Gasteiger partial charge in [0, 0.05) is 0 Å². The van der Waals surface area contributed by atoms with E-state index in [2.05, 4.69) is 0 Å². The molecule has 1 aliphatic rings. The van der Waals surface area contributed by atoms with Crippen LogP contribution in [0.1, 0.15) is 49.7 Å². The fourth-order valence-corrected chi connectivity index (χ4v) is 4.51. The van der Waals surface area contributed by atoms with E-state index in [1.165, 1.54) is 13.2 Å². The van der Waals surface area contributed by atoms with Gasteiger partial charge in [-0.05, 0) is 91.8 Å². The number of hydrogen-bond donors (Lipinski definition) is 2. The quantitative estimate of drug-likeness (QED) is 0.124. The predicted octanol–water partition coefficient (Wildman–Crippen LogP) is 4.11. The SMILES string of the molecule is COc1ccc(/C=C/C(=O)C2CCC/C(=C\c3ccc(OC(=O)C(N)CCCCN)c(OC)c3)C2=O)cc1OC. The molecule has 0 heterocycles. The number of benzene rings is 2. The van der Waals surface area contributed by atoms with E-state index in [1.807, 2.05) is 6.07 Å². The summed E-state index contributed by atoms with van der Waals surface area (Å²) in [5, 5.41) is 0. The standard InChI is InChI=1S/C31H38N2O7/c1-37-26-14-11-20(18-28(26)38-2)10-13-25(34)23-8-6-7-22(30(23)35)17-21-12-15-27(29(19-21)39-3)40-31(36)24(33)9-4-5-16-32/h10-15,17-19,23-24H,4-9,16,32-33H2,1-3H3/b13-10+,22-17+. The molecule has 4 N–H and O–H groups in total. The van der Waals surface area contributed by atoms with E-state index >= 15 is 0 Å². The first-order valence-corrected chi connectivity index (χ1v) is 13.3. The third-order valence-corrected chi connectivity index (χ3v) is 6.77. The maximum absolute atomic E-state index is 13.2. The molecule has 2 atom stereocenters. The molecule has 0 radical (unpaired) electrons. The number of nitrogens with two attached hydrogens (primary N) is 2. The van der Waals surface area contributed by atoms with Crippen LogP contribution in [0.3, 0.4) is 0 Å². The number of ether oxygens (including phenoxy) is 4. The zero-order valence-corrected chi connectivity index (χ0v) is 23.3. The van der Waals surface area contributed by atoms with Crippen LogP contribution in [0.25, 0.3) is 12.2 Å². The highest BCUT2D eigenvalue weighted by atomic mass is 16.6. The lowest BCUT2D eigenvalue weighted by Gasteiger charge is -2.21. The molecule has 0 saturated heterocycles. The lowest BCUT2D eigenvalue weighted by Crippen LogP contribution is -2.34. The molecular weight excluding hydrogens is 512 g/mol. The van der Waals surface area contributed by atoms with Crippen LogP contribution < -0.4 is 30.4 Å². The summed E-state index contributed by atoms with van der Waals surface area (Å²) in [5.74, 6) is 0.00762. The van der Waals surface area contributed by atoms with Crippen molar-refractivity contribution in [3.8, 4) is 23.0 Å². The minimum absolute atomic E-state index is 0.189. The van der Waals surface area contributed by atoms with Gasteiger partial charge in [0.25, 0.3) is 0 Å². The Kier molecular flexibility index (Phi) is 11.5. The van der Waals surface area contributed by atoms with Crippen molar-refractivity contribution in [2.75, 3.05) is 27.9 Å². The molecule has 0 bridgehead atoms. The first kappa shape index (κ1) is 30.6. The summed E-state index contributed by atoms with van der Waals surface area (Å²) in [6.45, 7) is 0.542. The van der Waals surface area contributed by atoms with E-state index in [1.54, 1.807) is 56.7 Å². The zero-order valence-electron chi connectivity index (χ0n) is 23.3. The number of ketones is 2. The van der Waals surface area contributed by atoms with Crippen molar-refractivity contribution in [3.05, 3.63) is 59.2 Å². The maximum atomic E-state index is 13.2. The lowest BCUT2D eigenvalue weighted by molar-refractivity contribution is -0.136. The van der Waals surface area contributed by atoms with Gasteiger partial charge in [-0.2, -0.15) is 0 Å². The van der Waals surface area contributed by atoms with Crippen LogP contribution >= 0.6 is 0 Å². The third-order valence-electron chi connectivity index (χ3n) is 6.77. The van der Waals surface area contributed by atoms with Crippen molar-refractivity contribution < 1.29 is 33.3 Å². The third kappa shape index (κ3) is 8.03. The van der Waals surface area contributed by atoms with Crippen LogP contribution in [0, 0.1) is 5.92 Å². The molecule has 1 saturated carbocycles. The Morgan fingerprint density at radius 3 is 2.30 bits per heavy atom. The molecule has 2 aromatic rings. The summed E-state index contributed by atoms with van der Waals surface area (Å²) in [5.41, 5.74) is 13.4. The molecule has 9 heteroatoms. The van der Waals surface area contributed by atoms with Crippen LogP contribution in [0.2, 0.25) is 0 Å². The Balaban J connectivity index is 1.70. The molecule has 1 aliphatic carbocycles. The number of carbonyl (C=O) groups excluding carboxylic acids is 3. The average molecular weight is 551 g/mol. The Morgan fingerprint density at radius 1 is 0.950 bits per heavy atom. The van der Waals surface area contributed by atoms with Gasteiger partial charge in [0.2, 0.25) is 0 Å². The highest BCUT2D eigenvalue weighted by Gasteiger charge is 2.31. The summed E-state index contributed by atoms with van der Waals surface area (Å²) in [6, 6.07) is 9.60. The van der Waals surface area contributed by atoms with E-state index in [-0.39, 0.29) is 17.3 Å². The minimum Gasteiger partial charge on any atom is -0.493 e. The normalized spacial score (nSPS) is 17.1. The molecule has 3 rings (SSSR count). The van der Waals surface area contributed by atoms with E-state index in [0.717, 1.165) is 18.4 Å². The Bertz CT molecular complexity index is 1270. The van der Waals surface area contributed by atoms with Crippen molar-refractivity contribution in [1.82, 2.24) is 0 Å². The summed E-state index contributed by atoms with van der Waals surface area (Å²) in [7, 11) is 4.57. The van der Waals surface area contributed by atoms with Crippen molar-refractivity contribution >= 4 is 29.7 Å². The molecule has 40 heavy (non-hydrogen) atoms. The summed E-state index contributed by atoms with van der Waals surface area (Å²) >= 11 is 0. The van der Waals surface area contributed by atoms with Gasteiger partial charge >= 0.3 is 5.97 Å². The monoisotopic (exact) mass is 550 g/mol. The van der Waals surface area contributed by atoms with Gasteiger partial charge in [-0.25, -0.2) is 4.79 Å². The molecule has 0 aliphatic heterocycles. The highest BCUT2D eigenvalue weighted by Crippen LogP contribution is 2.33. The van der Waals surface area contributed by atoms with E-state index in [0.29, 0.717) is 60.6 Å². The van der Waals surface area contributed by atoms with Gasteiger partial charge in [-0.1, -0.05) is 24.6 Å². The molecule has 2 unspecified atom stereocenters. The number of esters is 1. The largest absolute Gasteiger partial charge is 0.493 e. The molecule has 0 amide bonds. The van der Waals surface area contributed by atoms with Crippen LogP contribution in [0.15, 0.2) is 48.0 Å². The van der Waals surface area contributed by atoms with Crippen LogP contribution in [0.4, 0.5) is 0 Å². The van der Waals surface area contributed by atoms with Crippen LogP contribution in [0.5, 0.6) is 23.0 Å². The van der Waals surface area contributed by atoms with E-state index in [9.17, 15) is 14.4 Å². The number of methoxy groups -OCH3 is 3. The van der Waals surface area contributed by atoms with Gasteiger partial charge in [0.05, 0.1) is 27.2 Å². The lowest BCUT2D eigenvalue weighted by atomic mass is 9.81. The Hall–Kier alpha value is -3.95. The molecule has 214 valence electrons. The predicted molar refractivity (Wildman–Crippen MR) is 153 cm³/mol. The van der Waals surface area contributed by atoms with E-state index < -0.39 is 17.9 Å². The maximum Gasteiger partial charge on any atom is 0.328 e. The number of carbonyl (C=O) groups is 3. The fraction of sp³-hybridized carbons (Fsp3) is 0.387. The summed E-state index contributed by atoms with van der Waals surface area (Å²) < 4.78 is 21.4. The first-order valence-electron chi connectivity index (χ1n) is 13.3. The topological polar surface area (TPSA) is 140 Å². The average Bonchev–Trinajstić information content (AvgIpc) is 2.97. The fourth-order valence-electron chi connectivity index (χ4n) is 4.51.